The van der Waals surface area contributed by atoms with Crippen molar-refractivity contribution >= 4 is 39.6 Å². The van der Waals surface area contributed by atoms with Crippen LogP contribution in [0, 0.1) is 0 Å². The Morgan fingerprint density at radius 2 is 1.86 bits per heavy atom. The Bertz CT molecular complexity index is 927. The van der Waals surface area contributed by atoms with Gasteiger partial charge in [0.2, 0.25) is 0 Å². The fourth-order valence-corrected chi connectivity index (χ4v) is 3.62. The summed E-state index contributed by atoms with van der Waals surface area (Å²) in [7, 11) is 0. The summed E-state index contributed by atoms with van der Waals surface area (Å²) in [6, 6.07) is 16.4. The van der Waals surface area contributed by atoms with Gasteiger partial charge >= 0.3 is 0 Å². The minimum Gasteiger partial charge on any atom is -0.385 e. The lowest BCUT2D eigenvalue weighted by Gasteiger charge is -2.29. The van der Waals surface area contributed by atoms with Crippen molar-refractivity contribution in [2.45, 2.75) is 6.42 Å². The summed E-state index contributed by atoms with van der Waals surface area (Å²) >= 11 is 6.06. The van der Waals surface area contributed by atoms with Gasteiger partial charge in [-0.05, 0) is 48.9 Å². The third kappa shape index (κ3) is 4.66. The Balaban J connectivity index is 1.27. The fraction of sp³-hybridized carbons (Fsp3) is 0.318. The Hall–Kier alpha value is -2.50. The summed E-state index contributed by atoms with van der Waals surface area (Å²) in [5, 5.41) is 8.84. The van der Waals surface area contributed by atoms with Crippen molar-refractivity contribution in [3.63, 3.8) is 0 Å². The molecule has 0 spiro atoms. The van der Waals surface area contributed by atoms with Crippen molar-refractivity contribution in [3.8, 4) is 0 Å². The lowest BCUT2D eigenvalue weighted by molar-refractivity contribution is 0.122. The second-order valence-corrected chi connectivity index (χ2v) is 7.31. The molecule has 1 fully saturated rings. The lowest BCUT2D eigenvalue weighted by Crippen LogP contribution is -2.36. The normalized spacial score (nSPS) is 14.2. The van der Waals surface area contributed by atoms with E-state index in [1.54, 1.807) is 0 Å². The van der Waals surface area contributed by atoms with E-state index in [0.29, 0.717) is 5.02 Å². The first-order valence-electron chi connectivity index (χ1n) is 9.74. The molecular formula is C22H25ClN4O. The van der Waals surface area contributed by atoms with E-state index < -0.39 is 0 Å². The molecule has 6 heteroatoms. The number of aromatic nitrogens is 1. The molecule has 4 rings (SSSR count). The van der Waals surface area contributed by atoms with Gasteiger partial charge in [0.05, 0.1) is 18.7 Å². The van der Waals surface area contributed by atoms with E-state index in [1.807, 2.05) is 30.5 Å². The molecule has 0 atom stereocenters. The zero-order valence-corrected chi connectivity index (χ0v) is 16.6. The van der Waals surface area contributed by atoms with E-state index in [9.17, 15) is 0 Å². The number of nitrogens with zero attached hydrogens (tertiary/aromatic N) is 2. The molecule has 5 nitrogen and oxygen atoms in total. The van der Waals surface area contributed by atoms with Crippen LogP contribution in [0.25, 0.3) is 10.9 Å². The van der Waals surface area contributed by atoms with Gasteiger partial charge in [0.15, 0.2) is 0 Å². The highest BCUT2D eigenvalue weighted by Gasteiger charge is 2.11. The summed E-state index contributed by atoms with van der Waals surface area (Å²) < 4.78 is 5.44. The van der Waals surface area contributed by atoms with Gasteiger partial charge in [-0.25, -0.2) is 0 Å². The minimum absolute atomic E-state index is 0.709. The van der Waals surface area contributed by atoms with Crippen LogP contribution in [0.5, 0.6) is 0 Å². The quantitative estimate of drug-likeness (QED) is 0.570. The number of pyridine rings is 1. The van der Waals surface area contributed by atoms with Crippen LogP contribution in [0.2, 0.25) is 5.02 Å². The van der Waals surface area contributed by atoms with Crippen LogP contribution in [0.1, 0.15) is 6.42 Å². The van der Waals surface area contributed by atoms with Crippen molar-refractivity contribution in [1.29, 1.82) is 0 Å². The van der Waals surface area contributed by atoms with Crippen LogP contribution < -0.4 is 15.5 Å². The molecule has 0 unspecified atom stereocenters. The Morgan fingerprint density at radius 3 is 2.75 bits per heavy atom. The Morgan fingerprint density at radius 1 is 1.00 bits per heavy atom. The highest BCUT2D eigenvalue weighted by atomic mass is 35.5. The molecule has 1 aliphatic rings. The van der Waals surface area contributed by atoms with Crippen LogP contribution in [-0.2, 0) is 4.74 Å². The van der Waals surface area contributed by atoms with Crippen LogP contribution in [-0.4, -0.2) is 44.4 Å². The van der Waals surface area contributed by atoms with E-state index in [1.165, 1.54) is 5.69 Å². The van der Waals surface area contributed by atoms with Crippen LogP contribution in [0.4, 0.5) is 17.1 Å². The minimum atomic E-state index is 0.709. The highest BCUT2D eigenvalue weighted by Crippen LogP contribution is 2.24. The maximum absolute atomic E-state index is 6.06. The zero-order chi connectivity index (χ0) is 19.2. The van der Waals surface area contributed by atoms with E-state index in [2.05, 4.69) is 44.8 Å². The molecule has 1 saturated heterocycles. The number of anilines is 3. The third-order valence-electron chi connectivity index (χ3n) is 4.93. The number of benzene rings is 2. The summed E-state index contributed by atoms with van der Waals surface area (Å²) in [5.74, 6) is 0. The van der Waals surface area contributed by atoms with Crippen LogP contribution >= 0.6 is 11.6 Å². The number of fused-ring (bicyclic) bond motifs is 1. The fourth-order valence-electron chi connectivity index (χ4n) is 3.45. The second kappa shape index (κ2) is 9.13. The predicted octanol–water partition coefficient (Wildman–Crippen LogP) is 4.64. The van der Waals surface area contributed by atoms with Gasteiger partial charge in [0, 0.05) is 59.8 Å². The van der Waals surface area contributed by atoms with Gasteiger partial charge in [-0.2, -0.15) is 0 Å². The Labute approximate surface area is 170 Å². The first kappa shape index (κ1) is 18.8. The van der Waals surface area contributed by atoms with Gasteiger partial charge in [0.25, 0.3) is 0 Å². The molecule has 2 N–H and O–H groups in total. The molecular weight excluding hydrogens is 372 g/mol. The summed E-state index contributed by atoms with van der Waals surface area (Å²) in [6.45, 7) is 5.32. The Kier molecular flexibility index (Phi) is 6.14. The van der Waals surface area contributed by atoms with E-state index in [0.717, 1.165) is 68.1 Å². The standard InChI is InChI=1S/C22H25ClN4O/c23-17-5-6-20-21(7-10-26-22(20)15-17)25-9-2-8-24-18-3-1-4-19(16-18)27-11-13-28-14-12-27/h1,3-7,10,15-16,24H,2,8-9,11-14H2,(H,25,26). The van der Waals surface area contributed by atoms with Gasteiger partial charge in [0.1, 0.15) is 0 Å². The molecule has 0 aliphatic carbocycles. The number of hydrogen-bond acceptors (Lipinski definition) is 5. The molecule has 0 radical (unpaired) electrons. The average molecular weight is 397 g/mol. The molecule has 3 aromatic rings. The molecule has 2 aromatic carbocycles. The SMILES string of the molecule is Clc1ccc2c(NCCCNc3cccc(N4CCOCC4)c3)ccnc2c1. The summed E-state index contributed by atoms with van der Waals surface area (Å²) in [6.07, 6.45) is 2.83. The third-order valence-corrected chi connectivity index (χ3v) is 5.16. The lowest BCUT2D eigenvalue weighted by atomic mass is 10.2. The molecule has 146 valence electrons. The first-order chi connectivity index (χ1) is 13.8. The van der Waals surface area contributed by atoms with Crippen molar-refractivity contribution < 1.29 is 4.74 Å². The van der Waals surface area contributed by atoms with Gasteiger partial charge in [-0.15, -0.1) is 0 Å². The van der Waals surface area contributed by atoms with Crippen molar-refractivity contribution in [3.05, 3.63) is 59.8 Å². The van der Waals surface area contributed by atoms with Crippen molar-refractivity contribution in [1.82, 2.24) is 4.98 Å². The van der Waals surface area contributed by atoms with E-state index >= 15 is 0 Å². The van der Waals surface area contributed by atoms with Crippen molar-refractivity contribution in [2.75, 3.05) is 54.9 Å². The molecule has 1 aliphatic heterocycles. The molecule has 0 bridgehead atoms. The molecule has 28 heavy (non-hydrogen) atoms. The van der Waals surface area contributed by atoms with Gasteiger partial charge < -0.3 is 20.3 Å². The second-order valence-electron chi connectivity index (χ2n) is 6.88. The number of halogens is 1. The summed E-state index contributed by atoms with van der Waals surface area (Å²) in [4.78, 5) is 6.76. The van der Waals surface area contributed by atoms with Crippen LogP contribution in [0.15, 0.2) is 54.7 Å². The number of ether oxygens (including phenoxy) is 1. The van der Waals surface area contributed by atoms with E-state index in [4.69, 9.17) is 16.3 Å². The molecule has 0 saturated carbocycles. The number of morpholine rings is 1. The molecule has 1 aromatic heterocycles. The first-order valence-corrected chi connectivity index (χ1v) is 10.1. The van der Waals surface area contributed by atoms with Gasteiger partial charge in [-0.1, -0.05) is 17.7 Å². The number of nitrogens with one attached hydrogen (secondary N) is 2. The van der Waals surface area contributed by atoms with Crippen molar-refractivity contribution in [2.24, 2.45) is 0 Å². The maximum atomic E-state index is 6.06. The highest BCUT2D eigenvalue weighted by molar-refractivity contribution is 6.31. The average Bonchev–Trinajstić information content (AvgIpc) is 2.74. The topological polar surface area (TPSA) is 49.4 Å². The number of hydrogen-bond donors (Lipinski definition) is 2. The molecule has 0 amide bonds. The smallest absolute Gasteiger partial charge is 0.0737 e. The van der Waals surface area contributed by atoms with E-state index in [-0.39, 0.29) is 0 Å². The zero-order valence-electron chi connectivity index (χ0n) is 15.8. The monoisotopic (exact) mass is 396 g/mol. The van der Waals surface area contributed by atoms with Crippen LogP contribution in [0.3, 0.4) is 0 Å². The number of rotatable bonds is 7. The maximum Gasteiger partial charge on any atom is 0.0737 e. The largest absolute Gasteiger partial charge is 0.385 e. The summed E-state index contributed by atoms with van der Waals surface area (Å²) in [5.41, 5.74) is 4.42. The molecule has 2 heterocycles. The predicted molar refractivity (Wildman–Crippen MR) is 118 cm³/mol. The van der Waals surface area contributed by atoms with Gasteiger partial charge in [-0.3, -0.25) is 4.98 Å².